The van der Waals surface area contributed by atoms with Crippen LogP contribution in [0.15, 0.2) is 0 Å². The minimum atomic E-state index is -1.81. The summed E-state index contributed by atoms with van der Waals surface area (Å²) >= 11 is 0. The maximum Gasteiger partial charge on any atom is 0.311 e. The molecule has 0 aromatic carbocycles. The number of hydrogen-bond acceptors (Lipinski definition) is 15. The third-order valence-corrected chi connectivity index (χ3v) is 13.0. The second-order valence-corrected chi connectivity index (χ2v) is 18.2. The maximum absolute atomic E-state index is 14.5. The van der Waals surface area contributed by atoms with E-state index in [9.17, 15) is 30.3 Å². The lowest BCUT2D eigenvalue weighted by Gasteiger charge is -2.53. The van der Waals surface area contributed by atoms with E-state index in [4.69, 9.17) is 28.4 Å². The number of carbonyl (C=O) groups excluding carboxylic acids is 1. The van der Waals surface area contributed by atoms with E-state index in [1.807, 2.05) is 53.6 Å². The molecule has 3 fully saturated rings. The predicted molar refractivity (Wildman–Crippen MR) is 212 cm³/mol. The highest BCUT2D eigenvalue weighted by atomic mass is 16.7. The van der Waals surface area contributed by atoms with Gasteiger partial charge in [-0.15, -0.1) is 0 Å². The Morgan fingerprint density at radius 1 is 1.05 bits per heavy atom. The van der Waals surface area contributed by atoms with Gasteiger partial charge in [-0.25, -0.2) is 0 Å². The maximum atomic E-state index is 14.5. The number of cyclic esters (lactones) is 1. The topological polar surface area (TPSA) is 201 Å². The highest BCUT2D eigenvalue weighted by molar-refractivity contribution is 5.73. The summed E-state index contributed by atoms with van der Waals surface area (Å²) in [6.45, 7) is 20.9. The van der Waals surface area contributed by atoms with Gasteiger partial charge in [0.05, 0.1) is 42.0 Å². The number of carbonyl (C=O) groups is 1. The van der Waals surface area contributed by atoms with Crippen LogP contribution in [0.1, 0.15) is 108 Å². The fraction of sp³-hybridized carbons (Fsp3) is 0.976. The zero-order valence-electron chi connectivity index (χ0n) is 36.8. The van der Waals surface area contributed by atoms with Crippen LogP contribution in [0.5, 0.6) is 0 Å². The summed E-state index contributed by atoms with van der Waals surface area (Å²) in [7, 11) is 5.31. The molecule has 3 rings (SSSR count). The lowest BCUT2D eigenvalue weighted by Crippen LogP contribution is -2.70. The first-order chi connectivity index (χ1) is 25.9. The molecule has 330 valence electrons. The van der Waals surface area contributed by atoms with Gasteiger partial charge in [-0.05, 0) is 107 Å². The van der Waals surface area contributed by atoms with Crippen LogP contribution in [0.4, 0.5) is 0 Å². The second-order valence-electron chi connectivity index (χ2n) is 18.2. The van der Waals surface area contributed by atoms with Crippen LogP contribution in [0, 0.1) is 17.8 Å². The molecule has 3 saturated heterocycles. The first-order valence-electron chi connectivity index (χ1n) is 20.9. The third-order valence-electron chi connectivity index (χ3n) is 13.0. The van der Waals surface area contributed by atoms with Crippen LogP contribution in [-0.4, -0.2) is 167 Å². The first-order valence-corrected chi connectivity index (χ1v) is 20.9. The van der Waals surface area contributed by atoms with Crippen molar-refractivity contribution in [2.45, 2.75) is 198 Å². The molecule has 0 amide bonds. The number of methoxy groups -OCH3 is 1. The molecule has 0 spiro atoms. The molecule has 0 saturated carbocycles. The minimum absolute atomic E-state index is 0.0928. The van der Waals surface area contributed by atoms with E-state index in [-0.39, 0.29) is 43.9 Å². The Morgan fingerprint density at radius 3 is 2.27 bits per heavy atom. The van der Waals surface area contributed by atoms with Crippen LogP contribution >= 0.6 is 0 Å². The van der Waals surface area contributed by atoms with Gasteiger partial charge in [0.2, 0.25) is 0 Å². The van der Waals surface area contributed by atoms with Gasteiger partial charge in [0.25, 0.3) is 0 Å². The normalized spacial score (nSPS) is 45.2. The number of aliphatic hydroxyl groups excluding tert-OH is 2. The van der Waals surface area contributed by atoms with Crippen LogP contribution in [0.2, 0.25) is 0 Å². The predicted octanol–water partition coefficient (Wildman–Crippen LogP) is 1.93. The molecule has 0 radical (unpaired) electrons. The Kier molecular flexibility index (Phi) is 17.6. The van der Waals surface area contributed by atoms with Gasteiger partial charge in [-0.3, -0.25) is 4.79 Å². The fourth-order valence-corrected chi connectivity index (χ4v) is 9.21. The van der Waals surface area contributed by atoms with E-state index in [0.717, 1.165) is 6.42 Å². The van der Waals surface area contributed by atoms with Crippen LogP contribution in [-0.2, 0) is 33.2 Å². The quantitative estimate of drug-likeness (QED) is 0.105. The summed E-state index contributed by atoms with van der Waals surface area (Å²) in [4.78, 5) is 16.4. The highest BCUT2D eigenvalue weighted by Crippen LogP contribution is 2.43. The molecule has 3 aliphatic heterocycles. The molecule has 14 unspecified atom stereocenters. The molecular weight excluding hydrogens is 726 g/mol. The third kappa shape index (κ3) is 11.0. The number of likely N-dealkylation sites (N-methyl/N-ethyl adjacent to an activating group) is 1. The molecule has 0 aromatic rings. The number of ether oxygens (including phenoxy) is 6. The number of nitrogens with zero attached hydrogens (tertiary/aromatic N) is 1. The number of hydrogen-bond donors (Lipinski definition) is 7. The molecule has 56 heavy (non-hydrogen) atoms. The fourth-order valence-electron chi connectivity index (χ4n) is 9.21. The van der Waals surface area contributed by atoms with Gasteiger partial charge in [0, 0.05) is 38.1 Å². The summed E-state index contributed by atoms with van der Waals surface area (Å²) in [5.41, 5.74) is -5.93. The smallest absolute Gasteiger partial charge is 0.311 e. The van der Waals surface area contributed by atoms with E-state index in [2.05, 4.69) is 10.6 Å². The van der Waals surface area contributed by atoms with Crippen molar-refractivity contribution in [1.29, 1.82) is 0 Å². The molecule has 3 heterocycles. The van der Waals surface area contributed by atoms with Gasteiger partial charge >= 0.3 is 5.97 Å². The van der Waals surface area contributed by atoms with Crippen molar-refractivity contribution >= 4 is 5.97 Å². The number of aliphatic hydroxyl groups is 5. The molecule has 15 heteroatoms. The van der Waals surface area contributed by atoms with Crippen LogP contribution in [0.3, 0.4) is 0 Å². The molecule has 0 bridgehead atoms. The van der Waals surface area contributed by atoms with Crippen molar-refractivity contribution in [2.24, 2.45) is 17.8 Å². The van der Waals surface area contributed by atoms with Crippen molar-refractivity contribution in [1.82, 2.24) is 15.5 Å². The number of rotatable bonds is 13. The zero-order valence-corrected chi connectivity index (χ0v) is 36.8. The lowest BCUT2D eigenvalue weighted by atomic mass is 9.75. The molecular formula is C41H79N3O12. The van der Waals surface area contributed by atoms with Gasteiger partial charge in [-0.2, -0.15) is 0 Å². The largest absolute Gasteiger partial charge is 0.457 e. The molecule has 7 N–H and O–H groups in total. The van der Waals surface area contributed by atoms with Crippen molar-refractivity contribution in [3.05, 3.63) is 0 Å². The van der Waals surface area contributed by atoms with Gasteiger partial charge in [0.1, 0.15) is 29.0 Å². The summed E-state index contributed by atoms with van der Waals surface area (Å²) < 4.78 is 38.4. The average molecular weight is 806 g/mol. The Bertz CT molecular complexity index is 1230. The van der Waals surface area contributed by atoms with Crippen molar-refractivity contribution < 1.29 is 58.7 Å². The summed E-state index contributed by atoms with van der Waals surface area (Å²) in [5.74, 6) is -2.67. The van der Waals surface area contributed by atoms with E-state index in [1.54, 1.807) is 34.6 Å². The van der Waals surface area contributed by atoms with Gasteiger partial charge in [-0.1, -0.05) is 27.7 Å². The van der Waals surface area contributed by atoms with Gasteiger partial charge in [0.15, 0.2) is 12.6 Å². The average Bonchev–Trinajstić information content (AvgIpc) is 3.12. The molecule has 18 atom stereocenters. The molecule has 3 aliphatic rings. The zero-order chi connectivity index (χ0) is 42.6. The summed E-state index contributed by atoms with van der Waals surface area (Å²) in [5, 5.41) is 65.4. The molecule has 0 aromatic heterocycles. The van der Waals surface area contributed by atoms with Crippen molar-refractivity contribution in [3.8, 4) is 0 Å². The van der Waals surface area contributed by atoms with Gasteiger partial charge < -0.3 is 69.5 Å². The monoisotopic (exact) mass is 806 g/mol. The van der Waals surface area contributed by atoms with Crippen LogP contribution < -0.4 is 10.6 Å². The molecule has 0 aliphatic carbocycles. The van der Waals surface area contributed by atoms with E-state index in [1.165, 1.54) is 14.0 Å². The second kappa shape index (κ2) is 20.0. The number of esters is 1. The summed E-state index contributed by atoms with van der Waals surface area (Å²) in [6.07, 6.45) is -6.62. The van der Waals surface area contributed by atoms with E-state index >= 15 is 0 Å². The van der Waals surface area contributed by atoms with Crippen molar-refractivity contribution in [2.75, 3.05) is 40.8 Å². The van der Waals surface area contributed by atoms with E-state index in [0.29, 0.717) is 19.5 Å². The molecule has 15 nitrogen and oxygen atoms in total. The van der Waals surface area contributed by atoms with Crippen molar-refractivity contribution in [3.63, 3.8) is 0 Å². The Morgan fingerprint density at radius 2 is 1.70 bits per heavy atom. The standard InChI is InChI=1S/C41H79N3O12/c1-15-17-42-22-41(50)28(8)53-31(20-39(41,10)51-14)54-33-25(5)34(56-37-32(46)29(44(12)13)18-24(4)52-37)38(9,48)19-23(3)21-43-27(7)35(55-36(47)26(33)6)40(11,49)30(45)16-2/h23-35,37,42-43,45-46,48-50H,15-22H2,1-14H3/t23?,24?,25?,26?,27?,28?,29?,30?,31?,32?,33?,34?,35?,37?,38-,39-,40-,41+/m1/s1. The Hall–Kier alpha value is -1.05. The lowest BCUT2D eigenvalue weighted by molar-refractivity contribution is -0.336. The highest BCUT2D eigenvalue weighted by Gasteiger charge is 2.58. The van der Waals surface area contributed by atoms with Crippen LogP contribution in [0.25, 0.3) is 0 Å². The summed E-state index contributed by atoms with van der Waals surface area (Å²) in [6, 6.07) is -0.875. The Labute approximate surface area is 336 Å². The SMILES string of the molecule is CCCNC[C@]1(O)C(C)OC(OC2C(C)C(=O)OC([C@](C)(O)C(O)CC)C(C)NCC(C)C[C@@](C)(O)C(OC3OC(C)CC(N(C)C)C3O)C2C)C[C@@]1(C)OC. The van der Waals surface area contributed by atoms with E-state index < -0.39 is 95.5 Å². The first kappa shape index (κ1) is 49.3. The Balaban J connectivity index is 2.16. The minimum Gasteiger partial charge on any atom is -0.457 e. The number of nitrogens with one attached hydrogen (secondary N) is 2.